The molecule has 0 aromatic carbocycles. The molecule has 0 radical (unpaired) electrons. The monoisotopic (exact) mass is 360 g/mol. The molecule has 2 N–H and O–H groups in total. The summed E-state index contributed by atoms with van der Waals surface area (Å²) in [5.41, 5.74) is 1.00. The number of piperidine rings is 1. The number of nitrogens with zero attached hydrogens (tertiary/aromatic N) is 3. The van der Waals surface area contributed by atoms with Crippen LogP contribution < -0.4 is 5.32 Å². The van der Waals surface area contributed by atoms with E-state index in [9.17, 15) is 9.90 Å². The van der Waals surface area contributed by atoms with Gasteiger partial charge in [0.1, 0.15) is 0 Å². The lowest BCUT2D eigenvalue weighted by atomic mass is 9.85. The number of aromatic nitrogens is 2. The quantitative estimate of drug-likeness (QED) is 0.877. The number of thiazole rings is 1. The van der Waals surface area contributed by atoms with Crippen LogP contribution in [-0.4, -0.2) is 45.6 Å². The Labute approximate surface area is 151 Å². The first-order valence-electron chi connectivity index (χ1n) is 8.56. The van der Waals surface area contributed by atoms with Gasteiger partial charge in [-0.05, 0) is 32.8 Å². The maximum absolute atomic E-state index is 12.3. The molecule has 3 heterocycles. The molecule has 1 aliphatic rings. The number of urea groups is 1. The summed E-state index contributed by atoms with van der Waals surface area (Å²) < 4.78 is 0. The lowest BCUT2D eigenvalue weighted by Crippen LogP contribution is -2.49. The Morgan fingerprint density at radius 1 is 1.40 bits per heavy atom. The van der Waals surface area contributed by atoms with E-state index in [1.54, 1.807) is 28.6 Å². The Morgan fingerprint density at radius 3 is 2.76 bits per heavy atom. The summed E-state index contributed by atoms with van der Waals surface area (Å²) in [7, 11) is 0. The Kier molecular flexibility index (Phi) is 5.34. The number of aryl methyl sites for hydroxylation is 2. The molecule has 2 aromatic rings. The maximum atomic E-state index is 12.3. The summed E-state index contributed by atoms with van der Waals surface area (Å²) in [6.07, 6.45) is 5.20. The molecule has 0 spiro atoms. The minimum absolute atomic E-state index is 0.0711. The molecule has 7 heteroatoms. The van der Waals surface area contributed by atoms with E-state index >= 15 is 0 Å². The number of likely N-dealkylation sites (tertiary alicyclic amines) is 1. The third kappa shape index (κ3) is 4.16. The molecule has 0 bridgehead atoms. The van der Waals surface area contributed by atoms with Crippen molar-refractivity contribution in [1.82, 2.24) is 20.2 Å². The van der Waals surface area contributed by atoms with E-state index in [0.29, 0.717) is 32.5 Å². The van der Waals surface area contributed by atoms with E-state index in [4.69, 9.17) is 0 Å². The lowest BCUT2D eigenvalue weighted by molar-refractivity contribution is -0.0170. The summed E-state index contributed by atoms with van der Waals surface area (Å²) in [5, 5.41) is 14.8. The van der Waals surface area contributed by atoms with Gasteiger partial charge in [0.2, 0.25) is 0 Å². The first-order chi connectivity index (χ1) is 12.0. The molecule has 2 aromatic heterocycles. The predicted octanol–water partition coefficient (Wildman–Crippen LogP) is 2.39. The molecule has 0 atom stereocenters. The van der Waals surface area contributed by atoms with Gasteiger partial charge in [0.05, 0.1) is 16.3 Å². The van der Waals surface area contributed by atoms with Gasteiger partial charge in [-0.15, -0.1) is 11.3 Å². The minimum Gasteiger partial charge on any atom is -0.385 e. The summed E-state index contributed by atoms with van der Waals surface area (Å²) in [6.45, 7) is 5.71. The van der Waals surface area contributed by atoms with Crippen molar-refractivity contribution in [3.8, 4) is 0 Å². The number of amides is 2. The third-order valence-corrected chi connectivity index (χ3v) is 5.90. The van der Waals surface area contributed by atoms with Crippen LogP contribution in [0, 0.1) is 13.8 Å². The van der Waals surface area contributed by atoms with Gasteiger partial charge in [-0.3, -0.25) is 4.98 Å². The van der Waals surface area contributed by atoms with Gasteiger partial charge < -0.3 is 15.3 Å². The van der Waals surface area contributed by atoms with E-state index < -0.39 is 5.60 Å². The number of rotatable bonds is 4. The molecule has 0 unspecified atom stereocenters. The summed E-state index contributed by atoms with van der Waals surface area (Å²) in [6, 6.07) is 3.65. The number of carbonyl (C=O) groups is 1. The van der Waals surface area contributed by atoms with E-state index in [2.05, 4.69) is 22.2 Å². The van der Waals surface area contributed by atoms with Crippen LogP contribution in [0.5, 0.6) is 0 Å². The number of carbonyl (C=O) groups excluding carboxylic acids is 1. The highest BCUT2D eigenvalue weighted by Gasteiger charge is 2.35. The standard InChI is InChI=1S/C18H24N4O2S/c1-13-14(2)25-16(21-13)5-9-20-17(23)22-10-6-18(24,7-11-22)15-4-3-8-19-12-15/h3-4,8,12,24H,5-7,9-11H2,1-2H3,(H,20,23). The van der Waals surface area contributed by atoms with E-state index in [1.807, 2.05) is 19.1 Å². The molecule has 0 aliphatic carbocycles. The Hall–Kier alpha value is -1.99. The number of hydrogen-bond acceptors (Lipinski definition) is 5. The first-order valence-corrected chi connectivity index (χ1v) is 9.38. The van der Waals surface area contributed by atoms with Crippen LogP contribution in [0.4, 0.5) is 4.79 Å². The van der Waals surface area contributed by atoms with E-state index in [-0.39, 0.29) is 6.03 Å². The smallest absolute Gasteiger partial charge is 0.317 e. The SMILES string of the molecule is Cc1nc(CCNC(=O)N2CCC(O)(c3cccnc3)CC2)sc1C. The second-order valence-electron chi connectivity index (χ2n) is 6.49. The summed E-state index contributed by atoms with van der Waals surface area (Å²) in [4.78, 5) is 23.9. The van der Waals surface area contributed by atoms with Crippen molar-refractivity contribution in [1.29, 1.82) is 0 Å². The van der Waals surface area contributed by atoms with Crippen LogP contribution in [0.3, 0.4) is 0 Å². The first kappa shape index (κ1) is 17.8. The molecule has 6 nitrogen and oxygen atoms in total. The molecule has 1 aliphatic heterocycles. The van der Waals surface area contributed by atoms with Crippen molar-refractivity contribution in [3.05, 3.63) is 45.7 Å². The fraction of sp³-hybridized carbons (Fsp3) is 0.500. The van der Waals surface area contributed by atoms with Crippen molar-refractivity contribution in [2.45, 2.75) is 38.7 Å². The molecule has 1 saturated heterocycles. The largest absolute Gasteiger partial charge is 0.385 e. The minimum atomic E-state index is -0.888. The van der Waals surface area contributed by atoms with Crippen LogP contribution in [0.1, 0.15) is 34.0 Å². The molecule has 0 saturated carbocycles. The van der Waals surface area contributed by atoms with Crippen LogP contribution in [0.25, 0.3) is 0 Å². The Morgan fingerprint density at radius 2 is 2.16 bits per heavy atom. The zero-order valence-electron chi connectivity index (χ0n) is 14.7. The van der Waals surface area contributed by atoms with Gasteiger partial charge in [-0.2, -0.15) is 0 Å². The van der Waals surface area contributed by atoms with Gasteiger partial charge in [0, 0.05) is 48.9 Å². The zero-order chi connectivity index (χ0) is 17.9. The fourth-order valence-corrected chi connectivity index (χ4v) is 3.97. The van der Waals surface area contributed by atoms with Crippen LogP contribution in [-0.2, 0) is 12.0 Å². The van der Waals surface area contributed by atoms with Gasteiger partial charge >= 0.3 is 6.03 Å². The zero-order valence-corrected chi connectivity index (χ0v) is 15.5. The second kappa shape index (κ2) is 7.49. The van der Waals surface area contributed by atoms with Crippen LogP contribution in [0.15, 0.2) is 24.5 Å². The summed E-state index contributed by atoms with van der Waals surface area (Å²) in [5.74, 6) is 0. The fourth-order valence-electron chi connectivity index (χ4n) is 3.04. The highest BCUT2D eigenvalue weighted by atomic mass is 32.1. The third-order valence-electron chi connectivity index (χ3n) is 4.76. The molecule has 3 rings (SSSR count). The Bertz CT molecular complexity index is 704. The van der Waals surface area contributed by atoms with Gasteiger partial charge in [-0.1, -0.05) is 6.07 Å². The van der Waals surface area contributed by atoms with Crippen molar-refractivity contribution in [2.24, 2.45) is 0 Å². The van der Waals surface area contributed by atoms with E-state index in [1.165, 1.54) is 4.88 Å². The van der Waals surface area contributed by atoms with Crippen molar-refractivity contribution < 1.29 is 9.90 Å². The molecule has 25 heavy (non-hydrogen) atoms. The van der Waals surface area contributed by atoms with Crippen molar-refractivity contribution >= 4 is 17.4 Å². The predicted molar refractivity (Wildman–Crippen MR) is 97.6 cm³/mol. The van der Waals surface area contributed by atoms with Crippen LogP contribution >= 0.6 is 11.3 Å². The Balaban J connectivity index is 1.47. The highest BCUT2D eigenvalue weighted by molar-refractivity contribution is 7.11. The average Bonchev–Trinajstić information content (AvgIpc) is 2.94. The van der Waals surface area contributed by atoms with Crippen molar-refractivity contribution in [2.75, 3.05) is 19.6 Å². The molecular weight excluding hydrogens is 336 g/mol. The number of hydrogen-bond donors (Lipinski definition) is 2. The van der Waals surface area contributed by atoms with Gasteiger partial charge in [-0.25, -0.2) is 9.78 Å². The average molecular weight is 360 g/mol. The molecule has 2 amide bonds. The molecule has 134 valence electrons. The number of nitrogens with one attached hydrogen (secondary N) is 1. The summed E-state index contributed by atoms with van der Waals surface area (Å²) >= 11 is 1.68. The molecular formula is C18H24N4O2S. The number of pyridine rings is 1. The van der Waals surface area contributed by atoms with Crippen molar-refractivity contribution in [3.63, 3.8) is 0 Å². The van der Waals surface area contributed by atoms with Gasteiger partial charge in [0.15, 0.2) is 0 Å². The topological polar surface area (TPSA) is 78.4 Å². The number of aliphatic hydroxyl groups is 1. The van der Waals surface area contributed by atoms with E-state index in [0.717, 1.165) is 22.7 Å². The maximum Gasteiger partial charge on any atom is 0.317 e. The highest BCUT2D eigenvalue weighted by Crippen LogP contribution is 2.32. The van der Waals surface area contributed by atoms with Gasteiger partial charge in [0.25, 0.3) is 0 Å². The second-order valence-corrected chi connectivity index (χ2v) is 7.78. The molecule has 1 fully saturated rings. The van der Waals surface area contributed by atoms with Crippen LogP contribution in [0.2, 0.25) is 0 Å². The lowest BCUT2D eigenvalue weighted by Gasteiger charge is -2.38. The normalized spacial score (nSPS) is 16.7.